The number of amides is 4. The summed E-state index contributed by atoms with van der Waals surface area (Å²) in [6.45, 7) is -1.50. The standard InChI is InChI=1S/C21H28N6O7/c22-13(7-11-8-24-14-4-2-1-3-12(11)14)19(32)27-16(10-28)21(34)26-15(5-6-17(23)29)20(33)25-9-18(30)31/h1-4,8,13,15-16,24,28H,5-7,9-10,22H2,(H2,23,29)(H,25,33)(H,26,34)(H,27,32)(H,30,31). The second-order valence-corrected chi connectivity index (χ2v) is 7.59. The molecule has 3 atom stereocenters. The van der Waals surface area contributed by atoms with Crippen molar-refractivity contribution in [3.63, 3.8) is 0 Å². The molecule has 1 aromatic heterocycles. The number of hydrogen-bond donors (Lipinski definition) is 8. The largest absolute Gasteiger partial charge is 0.480 e. The maximum atomic E-state index is 12.6. The van der Waals surface area contributed by atoms with Crippen LogP contribution in [0, 0.1) is 0 Å². The topological polar surface area (TPSA) is 230 Å². The SMILES string of the molecule is NC(=O)CCC(NC(=O)C(CO)NC(=O)C(N)Cc1c[nH]c2ccccc12)C(=O)NCC(=O)O. The number of hydrogen-bond acceptors (Lipinski definition) is 7. The number of carboxylic acids is 1. The predicted molar refractivity (Wildman–Crippen MR) is 120 cm³/mol. The van der Waals surface area contributed by atoms with E-state index >= 15 is 0 Å². The summed E-state index contributed by atoms with van der Waals surface area (Å²) in [6.07, 6.45) is 1.41. The zero-order chi connectivity index (χ0) is 25.3. The molecule has 0 fully saturated rings. The zero-order valence-corrected chi connectivity index (χ0v) is 18.2. The highest BCUT2D eigenvalue weighted by molar-refractivity contribution is 5.94. The van der Waals surface area contributed by atoms with Crippen molar-refractivity contribution in [1.82, 2.24) is 20.9 Å². The lowest BCUT2D eigenvalue weighted by atomic mass is 10.0. The molecule has 1 heterocycles. The summed E-state index contributed by atoms with van der Waals surface area (Å²) >= 11 is 0. The highest BCUT2D eigenvalue weighted by Crippen LogP contribution is 2.18. The van der Waals surface area contributed by atoms with Crippen LogP contribution in [0.15, 0.2) is 30.5 Å². The molecule has 0 spiro atoms. The molecule has 34 heavy (non-hydrogen) atoms. The number of rotatable bonds is 13. The van der Waals surface area contributed by atoms with E-state index in [-0.39, 0.29) is 19.3 Å². The van der Waals surface area contributed by atoms with Gasteiger partial charge < -0.3 is 42.6 Å². The monoisotopic (exact) mass is 476 g/mol. The molecule has 13 nitrogen and oxygen atoms in total. The van der Waals surface area contributed by atoms with Crippen LogP contribution >= 0.6 is 0 Å². The summed E-state index contributed by atoms with van der Waals surface area (Å²) in [5, 5.41) is 25.9. The van der Waals surface area contributed by atoms with E-state index < -0.39 is 60.9 Å². The molecule has 0 aliphatic rings. The van der Waals surface area contributed by atoms with E-state index in [1.807, 2.05) is 24.3 Å². The third-order valence-electron chi connectivity index (χ3n) is 4.99. The second-order valence-electron chi connectivity index (χ2n) is 7.59. The van der Waals surface area contributed by atoms with Crippen LogP contribution in [0.5, 0.6) is 0 Å². The first kappa shape index (κ1) is 26.3. The molecule has 0 aliphatic carbocycles. The smallest absolute Gasteiger partial charge is 0.322 e. The quantitative estimate of drug-likeness (QED) is 0.153. The number of aliphatic hydroxyl groups is 1. The summed E-state index contributed by atoms with van der Waals surface area (Å²) in [6, 6.07) is 3.66. The third kappa shape index (κ3) is 7.56. The first-order chi connectivity index (χ1) is 16.1. The molecular weight excluding hydrogens is 448 g/mol. The van der Waals surface area contributed by atoms with Crippen LogP contribution < -0.4 is 27.4 Å². The fourth-order valence-electron chi connectivity index (χ4n) is 3.22. The number of para-hydroxylation sites is 1. The van der Waals surface area contributed by atoms with Crippen molar-refractivity contribution in [1.29, 1.82) is 0 Å². The molecule has 0 aliphatic heterocycles. The van der Waals surface area contributed by atoms with E-state index in [1.54, 1.807) is 6.20 Å². The fraction of sp³-hybridized carbons (Fsp3) is 0.381. The lowest BCUT2D eigenvalue weighted by molar-refractivity contribution is -0.138. The molecule has 0 bridgehead atoms. The van der Waals surface area contributed by atoms with Gasteiger partial charge in [-0.1, -0.05) is 18.2 Å². The minimum absolute atomic E-state index is 0.161. The van der Waals surface area contributed by atoms with Gasteiger partial charge in [-0.05, 0) is 24.5 Å². The highest BCUT2D eigenvalue weighted by atomic mass is 16.4. The van der Waals surface area contributed by atoms with E-state index in [0.29, 0.717) is 0 Å². The number of nitrogens with one attached hydrogen (secondary N) is 4. The summed E-state index contributed by atoms with van der Waals surface area (Å²) < 4.78 is 0. The van der Waals surface area contributed by atoms with E-state index in [2.05, 4.69) is 20.9 Å². The Labute approximate surface area is 194 Å². The Hall–Kier alpha value is -3.97. The van der Waals surface area contributed by atoms with Crippen molar-refractivity contribution >= 4 is 40.5 Å². The Bertz CT molecular complexity index is 1050. The average molecular weight is 476 g/mol. The molecule has 0 radical (unpaired) electrons. The third-order valence-corrected chi connectivity index (χ3v) is 4.99. The van der Waals surface area contributed by atoms with Gasteiger partial charge in [-0.2, -0.15) is 0 Å². The molecule has 184 valence electrons. The Balaban J connectivity index is 2.00. The molecule has 0 saturated carbocycles. The minimum atomic E-state index is -1.44. The van der Waals surface area contributed by atoms with Gasteiger partial charge >= 0.3 is 5.97 Å². The summed E-state index contributed by atoms with van der Waals surface area (Å²) in [4.78, 5) is 62.1. The first-order valence-corrected chi connectivity index (χ1v) is 10.4. The minimum Gasteiger partial charge on any atom is -0.480 e. The second kappa shape index (κ2) is 12.3. The molecular formula is C21H28N6O7. The maximum absolute atomic E-state index is 12.6. The summed E-state index contributed by atoms with van der Waals surface area (Å²) in [5.74, 6) is -4.53. The molecule has 1 aromatic carbocycles. The van der Waals surface area contributed by atoms with Gasteiger partial charge in [0.05, 0.1) is 12.6 Å². The molecule has 13 heteroatoms. The van der Waals surface area contributed by atoms with E-state index in [0.717, 1.165) is 16.5 Å². The predicted octanol–water partition coefficient (Wildman–Crippen LogP) is -2.53. The Kier molecular flexibility index (Phi) is 9.52. The van der Waals surface area contributed by atoms with E-state index in [4.69, 9.17) is 16.6 Å². The van der Waals surface area contributed by atoms with Crippen molar-refractivity contribution in [3.8, 4) is 0 Å². The number of aliphatic hydroxyl groups excluding tert-OH is 1. The van der Waals surface area contributed by atoms with Crippen molar-refractivity contribution in [2.24, 2.45) is 11.5 Å². The van der Waals surface area contributed by atoms with Crippen molar-refractivity contribution in [2.75, 3.05) is 13.2 Å². The molecule has 2 rings (SSSR count). The van der Waals surface area contributed by atoms with Crippen LogP contribution in [0.4, 0.5) is 0 Å². The van der Waals surface area contributed by atoms with Gasteiger partial charge in [-0.25, -0.2) is 0 Å². The van der Waals surface area contributed by atoms with Crippen molar-refractivity contribution in [3.05, 3.63) is 36.0 Å². The number of carbonyl (C=O) groups excluding carboxylic acids is 4. The van der Waals surface area contributed by atoms with Gasteiger partial charge in [0.2, 0.25) is 23.6 Å². The Morgan fingerprint density at radius 2 is 1.68 bits per heavy atom. The highest BCUT2D eigenvalue weighted by Gasteiger charge is 2.28. The van der Waals surface area contributed by atoms with Gasteiger partial charge in [-0.15, -0.1) is 0 Å². The lowest BCUT2D eigenvalue weighted by Gasteiger charge is -2.22. The van der Waals surface area contributed by atoms with Gasteiger partial charge in [0, 0.05) is 23.5 Å². The lowest BCUT2D eigenvalue weighted by Crippen LogP contribution is -2.57. The zero-order valence-electron chi connectivity index (χ0n) is 18.2. The number of aromatic nitrogens is 1. The van der Waals surface area contributed by atoms with Crippen LogP contribution in [-0.2, 0) is 30.4 Å². The first-order valence-electron chi connectivity index (χ1n) is 10.4. The van der Waals surface area contributed by atoms with E-state index in [1.165, 1.54) is 0 Å². The molecule has 3 unspecified atom stereocenters. The normalized spacial score (nSPS) is 13.5. The van der Waals surface area contributed by atoms with E-state index in [9.17, 15) is 29.1 Å². The van der Waals surface area contributed by atoms with Crippen LogP contribution in [-0.4, -0.2) is 76.1 Å². The van der Waals surface area contributed by atoms with Crippen molar-refractivity contribution < 1.29 is 34.2 Å². The number of carbonyl (C=O) groups is 5. The van der Waals surface area contributed by atoms with Crippen LogP contribution in [0.1, 0.15) is 18.4 Å². The Morgan fingerprint density at radius 3 is 2.32 bits per heavy atom. The van der Waals surface area contributed by atoms with Gasteiger partial charge in [-0.3, -0.25) is 24.0 Å². The molecule has 10 N–H and O–H groups in total. The molecule has 2 aromatic rings. The van der Waals surface area contributed by atoms with Crippen LogP contribution in [0.2, 0.25) is 0 Å². The van der Waals surface area contributed by atoms with Crippen LogP contribution in [0.3, 0.4) is 0 Å². The Morgan fingerprint density at radius 1 is 1.00 bits per heavy atom. The van der Waals surface area contributed by atoms with Gasteiger partial charge in [0.15, 0.2) is 0 Å². The number of carboxylic acid groups (broad SMARTS) is 1. The van der Waals surface area contributed by atoms with Crippen LogP contribution in [0.25, 0.3) is 10.9 Å². The van der Waals surface area contributed by atoms with Crippen molar-refractivity contribution in [2.45, 2.75) is 37.4 Å². The average Bonchev–Trinajstić information content (AvgIpc) is 3.20. The van der Waals surface area contributed by atoms with Gasteiger partial charge in [0.1, 0.15) is 18.6 Å². The number of fused-ring (bicyclic) bond motifs is 1. The number of primary amides is 1. The fourth-order valence-corrected chi connectivity index (χ4v) is 3.22. The summed E-state index contributed by atoms with van der Waals surface area (Å²) in [7, 11) is 0. The molecule has 0 saturated heterocycles. The number of nitrogens with two attached hydrogens (primary N) is 2. The van der Waals surface area contributed by atoms with Gasteiger partial charge in [0.25, 0.3) is 0 Å². The summed E-state index contributed by atoms with van der Waals surface area (Å²) in [5.41, 5.74) is 12.7. The maximum Gasteiger partial charge on any atom is 0.322 e. The molecule has 4 amide bonds. The number of aliphatic carboxylic acids is 1. The number of H-pyrrole nitrogens is 1. The number of benzene rings is 1. The number of aromatic amines is 1.